The third-order valence-corrected chi connectivity index (χ3v) is 13.5. The molecule has 4 nitrogen and oxygen atoms in total. The van der Waals surface area contributed by atoms with Gasteiger partial charge in [-0.25, -0.2) is 15.0 Å². The van der Waals surface area contributed by atoms with Gasteiger partial charge in [0.25, 0.3) is 0 Å². The highest BCUT2D eigenvalue weighted by molar-refractivity contribution is 5.91. The molecule has 10 aromatic rings. The van der Waals surface area contributed by atoms with E-state index in [1.807, 2.05) is 48.7 Å². The minimum absolute atomic E-state index is 0.192. The number of hydrogen-bond donors (Lipinski definition) is 0. The zero-order valence-electron chi connectivity index (χ0n) is 35.6. The van der Waals surface area contributed by atoms with Crippen molar-refractivity contribution < 1.29 is 0 Å². The van der Waals surface area contributed by atoms with Crippen LogP contribution in [0.4, 0.5) is 0 Å². The van der Waals surface area contributed by atoms with Crippen LogP contribution in [0.25, 0.3) is 78.8 Å². The van der Waals surface area contributed by atoms with Gasteiger partial charge in [-0.1, -0.05) is 190 Å². The lowest BCUT2D eigenvalue weighted by Gasteiger charge is -2.34. The quantitative estimate of drug-likeness (QED) is 0.161. The van der Waals surface area contributed by atoms with Crippen molar-refractivity contribution >= 4 is 0 Å². The van der Waals surface area contributed by atoms with Crippen molar-refractivity contribution in [3.63, 3.8) is 0 Å². The number of nitrogens with zero attached hydrogens (tertiary/aromatic N) is 4. The number of rotatable bonds is 7. The molecule has 0 saturated heterocycles. The van der Waals surface area contributed by atoms with E-state index in [0.717, 1.165) is 27.9 Å². The first-order valence-corrected chi connectivity index (χ1v) is 22.0. The van der Waals surface area contributed by atoms with E-state index in [0.29, 0.717) is 17.5 Å². The smallest absolute Gasteiger partial charge is 0.164 e. The number of fused-ring (bicyclic) bond motifs is 6. The summed E-state index contributed by atoms with van der Waals surface area (Å²) in [6.45, 7) is 4.71. The highest BCUT2D eigenvalue weighted by Crippen LogP contribution is 2.58. The molecule has 302 valence electrons. The monoisotopic (exact) mass is 818 g/mol. The van der Waals surface area contributed by atoms with Gasteiger partial charge in [0.05, 0.1) is 11.1 Å². The average Bonchev–Trinajstić information content (AvgIpc) is 3.79. The first-order chi connectivity index (χ1) is 31.5. The molecule has 0 saturated carbocycles. The Bertz CT molecular complexity index is 3290. The second-order valence-electron chi connectivity index (χ2n) is 17.4. The van der Waals surface area contributed by atoms with Gasteiger partial charge < -0.3 is 0 Å². The summed E-state index contributed by atoms with van der Waals surface area (Å²) < 4.78 is 0. The topological polar surface area (TPSA) is 51.6 Å². The van der Waals surface area contributed by atoms with Crippen LogP contribution in [-0.2, 0) is 10.8 Å². The Labute approximate surface area is 373 Å². The first kappa shape index (κ1) is 37.7. The van der Waals surface area contributed by atoms with Crippen molar-refractivity contribution in [3.8, 4) is 78.8 Å². The summed E-state index contributed by atoms with van der Waals surface area (Å²) in [6.07, 6.45) is 1.87. The Hall–Kier alpha value is -8.08. The molecule has 64 heavy (non-hydrogen) atoms. The van der Waals surface area contributed by atoms with Gasteiger partial charge in [-0.05, 0) is 103 Å². The molecule has 8 aromatic carbocycles. The largest absolute Gasteiger partial charge is 0.256 e. The van der Waals surface area contributed by atoms with Gasteiger partial charge in [0.1, 0.15) is 0 Å². The van der Waals surface area contributed by atoms with Crippen molar-refractivity contribution in [2.24, 2.45) is 0 Å². The lowest BCUT2D eigenvalue weighted by atomic mass is 9.67. The molecule has 0 N–H and O–H groups in total. The molecule has 0 fully saturated rings. The van der Waals surface area contributed by atoms with Crippen LogP contribution in [0.5, 0.6) is 0 Å². The fourth-order valence-electron chi connectivity index (χ4n) is 10.4. The molecule has 0 radical (unpaired) electrons. The van der Waals surface area contributed by atoms with Crippen molar-refractivity contribution in [2.45, 2.75) is 24.7 Å². The number of hydrogen-bond acceptors (Lipinski definition) is 4. The minimum Gasteiger partial charge on any atom is -0.256 e. The molecule has 0 bridgehead atoms. The summed E-state index contributed by atoms with van der Waals surface area (Å²) in [5.41, 5.74) is 19.1. The average molecular weight is 819 g/mol. The van der Waals surface area contributed by atoms with Gasteiger partial charge in [0, 0.05) is 33.9 Å². The van der Waals surface area contributed by atoms with Crippen molar-refractivity contribution in [2.75, 3.05) is 0 Å². The number of aromatic nitrogens is 4. The van der Waals surface area contributed by atoms with Gasteiger partial charge in [-0.15, -0.1) is 0 Å². The summed E-state index contributed by atoms with van der Waals surface area (Å²) in [4.78, 5) is 20.0. The Morgan fingerprint density at radius 3 is 1.17 bits per heavy atom. The molecule has 0 unspecified atom stereocenters. The fraction of sp³-hybridized carbons (Fsp3) is 0.0667. The maximum Gasteiger partial charge on any atom is 0.164 e. The molecule has 0 amide bonds. The highest BCUT2D eigenvalue weighted by Gasteiger charge is 2.46. The molecule has 2 aliphatic rings. The van der Waals surface area contributed by atoms with Crippen molar-refractivity contribution in [1.82, 2.24) is 19.9 Å². The number of benzene rings is 8. The van der Waals surface area contributed by atoms with Gasteiger partial charge in [-0.3, -0.25) is 4.98 Å². The third-order valence-electron chi connectivity index (χ3n) is 13.5. The Balaban J connectivity index is 1.03. The van der Waals surface area contributed by atoms with Crippen LogP contribution in [0.3, 0.4) is 0 Å². The van der Waals surface area contributed by atoms with Gasteiger partial charge >= 0.3 is 0 Å². The van der Waals surface area contributed by atoms with E-state index < -0.39 is 5.41 Å². The molecule has 0 spiro atoms. The van der Waals surface area contributed by atoms with Crippen LogP contribution in [0, 0.1) is 0 Å². The Kier molecular flexibility index (Phi) is 8.70. The molecule has 2 heterocycles. The van der Waals surface area contributed by atoms with Crippen LogP contribution in [-0.4, -0.2) is 19.9 Å². The van der Waals surface area contributed by atoms with Gasteiger partial charge in [0.2, 0.25) is 0 Å². The highest BCUT2D eigenvalue weighted by atomic mass is 15.0. The van der Waals surface area contributed by atoms with E-state index in [9.17, 15) is 0 Å². The molecule has 2 aromatic heterocycles. The predicted molar refractivity (Wildman–Crippen MR) is 260 cm³/mol. The van der Waals surface area contributed by atoms with E-state index in [4.69, 9.17) is 15.0 Å². The summed E-state index contributed by atoms with van der Waals surface area (Å²) >= 11 is 0. The summed E-state index contributed by atoms with van der Waals surface area (Å²) in [5.74, 6) is 1.92. The van der Waals surface area contributed by atoms with Crippen LogP contribution in [0.1, 0.15) is 47.2 Å². The third kappa shape index (κ3) is 5.90. The normalized spacial score (nSPS) is 13.7. The van der Waals surface area contributed by atoms with E-state index in [1.54, 1.807) is 0 Å². The molecular formula is C60H42N4. The van der Waals surface area contributed by atoms with Crippen molar-refractivity contribution in [3.05, 3.63) is 252 Å². The van der Waals surface area contributed by atoms with Gasteiger partial charge in [-0.2, -0.15) is 0 Å². The van der Waals surface area contributed by atoms with Crippen LogP contribution < -0.4 is 0 Å². The van der Waals surface area contributed by atoms with Crippen LogP contribution >= 0.6 is 0 Å². The second-order valence-corrected chi connectivity index (χ2v) is 17.4. The van der Waals surface area contributed by atoms with E-state index >= 15 is 0 Å². The fourth-order valence-corrected chi connectivity index (χ4v) is 10.4. The van der Waals surface area contributed by atoms with Crippen LogP contribution in [0.2, 0.25) is 0 Å². The SMILES string of the molecule is CC1(C)c2cc(-c3ccc4c(c3)C(c3ccccc3)(c3ccccc3)c3cc(-c5nc(-c6ccccc6)nc(-c6ccccc6)n5)ccc3-4)ccc2-c2ccc(-c3ccccn3)cc21. The lowest BCUT2D eigenvalue weighted by molar-refractivity contribution is 0.661. The predicted octanol–water partition coefficient (Wildman–Crippen LogP) is 14.3. The molecule has 2 aliphatic carbocycles. The maximum absolute atomic E-state index is 5.17. The van der Waals surface area contributed by atoms with E-state index in [1.165, 1.54) is 66.8 Å². The Morgan fingerprint density at radius 1 is 0.312 bits per heavy atom. The second kappa shape index (κ2) is 14.8. The maximum atomic E-state index is 5.17. The minimum atomic E-state index is -0.634. The molecule has 12 rings (SSSR count). The summed E-state index contributed by atoms with van der Waals surface area (Å²) in [5, 5.41) is 0. The summed E-state index contributed by atoms with van der Waals surface area (Å²) in [6, 6.07) is 76.3. The number of pyridine rings is 1. The summed E-state index contributed by atoms with van der Waals surface area (Å²) in [7, 11) is 0. The molecule has 0 atom stereocenters. The van der Waals surface area contributed by atoms with Crippen molar-refractivity contribution in [1.29, 1.82) is 0 Å². The molecule has 0 aliphatic heterocycles. The van der Waals surface area contributed by atoms with E-state index in [2.05, 4.69) is 189 Å². The van der Waals surface area contributed by atoms with E-state index in [-0.39, 0.29) is 5.41 Å². The van der Waals surface area contributed by atoms with Crippen LogP contribution in [0.15, 0.2) is 219 Å². The lowest BCUT2D eigenvalue weighted by Crippen LogP contribution is -2.28. The molecular weight excluding hydrogens is 777 g/mol. The zero-order valence-corrected chi connectivity index (χ0v) is 35.6. The first-order valence-electron chi connectivity index (χ1n) is 22.0. The van der Waals surface area contributed by atoms with Gasteiger partial charge in [0.15, 0.2) is 17.5 Å². The standard InChI is InChI=1S/C60H42N4/c1-59(2)51-35-41(26-30-47(51)48-32-28-43(37-52(48)59)55-25-15-16-34-61-55)42-27-31-49-50-33-29-44(58-63-56(39-17-7-3-8-18-39)62-57(64-58)40-19-9-4-10-20-40)38-54(50)60(53(49)36-42,45-21-11-5-12-22-45)46-23-13-6-14-24-46/h3-38H,1-2H3. The molecule has 4 heteroatoms. The Morgan fingerprint density at radius 2 is 0.688 bits per heavy atom. The zero-order chi connectivity index (χ0) is 42.8.